The Kier molecular flexibility index (Phi) is 6.22. The molecular weight excluding hydrogens is 416 g/mol. The number of nitrogens with two attached hydrogens (primary N) is 1. The van der Waals surface area contributed by atoms with Crippen molar-refractivity contribution in [3.8, 4) is 5.75 Å². The average molecular weight is 434 g/mol. The van der Waals surface area contributed by atoms with E-state index in [9.17, 15) is 0 Å². The molecule has 0 aliphatic carbocycles. The zero-order valence-electron chi connectivity index (χ0n) is 12.0. The van der Waals surface area contributed by atoms with Gasteiger partial charge in [0.1, 0.15) is 12.4 Å². The smallest absolute Gasteiger partial charge is 0.148 e. The Morgan fingerprint density at radius 3 is 2.48 bits per heavy atom. The summed E-state index contributed by atoms with van der Waals surface area (Å²) in [6.07, 6.45) is 0.849. The van der Waals surface area contributed by atoms with Crippen LogP contribution in [-0.2, 0) is 13.0 Å². The SMILES string of the molecule is CC(C)c1nc(COc2c(Br)cc(CCN)cc2Br)cs1. The van der Waals surface area contributed by atoms with Gasteiger partial charge >= 0.3 is 0 Å². The highest BCUT2D eigenvalue weighted by Crippen LogP contribution is 2.35. The molecule has 0 fully saturated rings. The van der Waals surface area contributed by atoms with E-state index in [1.54, 1.807) is 11.3 Å². The molecule has 0 saturated heterocycles. The number of hydrogen-bond acceptors (Lipinski definition) is 4. The fraction of sp³-hybridized carbons (Fsp3) is 0.400. The number of nitrogens with zero attached hydrogens (tertiary/aromatic N) is 1. The topological polar surface area (TPSA) is 48.1 Å². The summed E-state index contributed by atoms with van der Waals surface area (Å²) in [5, 5.41) is 3.20. The second-order valence-corrected chi connectivity index (χ2v) is 7.65. The van der Waals surface area contributed by atoms with Gasteiger partial charge in [0.25, 0.3) is 0 Å². The maximum Gasteiger partial charge on any atom is 0.148 e. The fourth-order valence-corrected chi connectivity index (χ4v) is 4.19. The lowest BCUT2D eigenvalue weighted by atomic mass is 10.1. The molecule has 0 unspecified atom stereocenters. The number of hydrogen-bond donors (Lipinski definition) is 1. The number of ether oxygens (including phenoxy) is 1. The molecule has 0 amide bonds. The first-order valence-corrected chi connectivity index (χ1v) is 9.23. The lowest BCUT2D eigenvalue weighted by molar-refractivity contribution is 0.298. The van der Waals surface area contributed by atoms with Gasteiger partial charge in [-0.25, -0.2) is 4.98 Å². The quantitative estimate of drug-likeness (QED) is 0.706. The molecule has 3 nitrogen and oxygen atoms in total. The van der Waals surface area contributed by atoms with Crippen LogP contribution >= 0.6 is 43.2 Å². The molecule has 2 aromatic rings. The first kappa shape index (κ1) is 16.9. The summed E-state index contributed by atoms with van der Waals surface area (Å²) in [6, 6.07) is 4.10. The molecule has 0 atom stereocenters. The Hall–Kier alpha value is -0.430. The highest BCUT2D eigenvalue weighted by Gasteiger charge is 2.11. The van der Waals surface area contributed by atoms with E-state index in [-0.39, 0.29) is 0 Å². The maximum absolute atomic E-state index is 5.90. The molecule has 21 heavy (non-hydrogen) atoms. The molecule has 0 radical (unpaired) electrons. The van der Waals surface area contributed by atoms with Crippen molar-refractivity contribution >= 4 is 43.2 Å². The Bertz CT molecular complexity index is 590. The van der Waals surface area contributed by atoms with Gasteiger partial charge in [-0.05, 0) is 62.5 Å². The number of benzene rings is 1. The van der Waals surface area contributed by atoms with Gasteiger partial charge in [0.05, 0.1) is 19.6 Å². The second-order valence-electron chi connectivity index (χ2n) is 5.05. The van der Waals surface area contributed by atoms with Gasteiger partial charge in [0.15, 0.2) is 0 Å². The van der Waals surface area contributed by atoms with Crippen molar-refractivity contribution in [2.45, 2.75) is 32.8 Å². The van der Waals surface area contributed by atoms with E-state index in [4.69, 9.17) is 10.5 Å². The molecule has 1 heterocycles. The molecule has 0 aliphatic heterocycles. The third kappa shape index (κ3) is 4.52. The highest BCUT2D eigenvalue weighted by atomic mass is 79.9. The molecule has 0 saturated carbocycles. The summed E-state index contributed by atoms with van der Waals surface area (Å²) in [7, 11) is 0. The van der Waals surface area contributed by atoms with Crippen LogP contribution in [-0.4, -0.2) is 11.5 Å². The number of halogens is 2. The van der Waals surface area contributed by atoms with Crippen LogP contribution in [0.3, 0.4) is 0 Å². The average Bonchev–Trinajstić information content (AvgIpc) is 2.87. The first-order chi connectivity index (χ1) is 10.0. The van der Waals surface area contributed by atoms with E-state index >= 15 is 0 Å². The van der Waals surface area contributed by atoms with Crippen LogP contribution in [0.15, 0.2) is 26.5 Å². The lowest BCUT2D eigenvalue weighted by Crippen LogP contribution is -2.03. The van der Waals surface area contributed by atoms with Crippen molar-refractivity contribution in [1.82, 2.24) is 4.98 Å². The van der Waals surface area contributed by atoms with Crippen molar-refractivity contribution < 1.29 is 4.74 Å². The number of thiazole rings is 1. The second kappa shape index (κ2) is 7.72. The normalized spacial score (nSPS) is 11.1. The van der Waals surface area contributed by atoms with Gasteiger partial charge in [0.2, 0.25) is 0 Å². The Labute approximate surface area is 146 Å². The van der Waals surface area contributed by atoms with Crippen LogP contribution in [0.4, 0.5) is 0 Å². The van der Waals surface area contributed by atoms with E-state index < -0.39 is 0 Å². The fourth-order valence-electron chi connectivity index (χ4n) is 1.86. The summed E-state index contributed by atoms with van der Waals surface area (Å²) in [4.78, 5) is 4.58. The lowest BCUT2D eigenvalue weighted by Gasteiger charge is -2.11. The van der Waals surface area contributed by atoms with Crippen molar-refractivity contribution in [1.29, 1.82) is 0 Å². The third-order valence-electron chi connectivity index (χ3n) is 2.92. The van der Waals surface area contributed by atoms with Crippen LogP contribution in [0.2, 0.25) is 0 Å². The van der Waals surface area contributed by atoms with Crippen molar-refractivity contribution in [2.24, 2.45) is 5.73 Å². The van der Waals surface area contributed by atoms with Gasteiger partial charge in [-0.2, -0.15) is 0 Å². The number of aromatic nitrogens is 1. The summed E-state index contributed by atoms with van der Waals surface area (Å²) < 4.78 is 7.76. The third-order valence-corrected chi connectivity index (χ3v) is 5.29. The van der Waals surface area contributed by atoms with Gasteiger partial charge in [0, 0.05) is 11.3 Å². The van der Waals surface area contributed by atoms with E-state index in [1.165, 1.54) is 5.56 Å². The molecular formula is C15H18Br2N2OS. The van der Waals surface area contributed by atoms with Crippen LogP contribution in [0.1, 0.15) is 36.0 Å². The maximum atomic E-state index is 5.90. The predicted molar refractivity (Wildman–Crippen MR) is 95.1 cm³/mol. The Balaban J connectivity index is 2.08. The molecule has 0 spiro atoms. The Morgan fingerprint density at radius 2 is 1.95 bits per heavy atom. The summed E-state index contributed by atoms with van der Waals surface area (Å²) in [5.41, 5.74) is 7.74. The van der Waals surface area contributed by atoms with Crippen LogP contribution in [0, 0.1) is 0 Å². The molecule has 1 aromatic heterocycles. The summed E-state index contributed by atoms with van der Waals surface area (Å²) in [5.74, 6) is 1.26. The molecule has 2 rings (SSSR count). The minimum absolute atomic E-state index is 0.456. The van der Waals surface area contributed by atoms with Crippen LogP contribution in [0.25, 0.3) is 0 Å². The van der Waals surface area contributed by atoms with Gasteiger partial charge in [-0.3, -0.25) is 0 Å². The van der Waals surface area contributed by atoms with Crippen LogP contribution < -0.4 is 10.5 Å². The predicted octanol–water partition coefficient (Wildman–Crippen LogP) is 4.87. The zero-order valence-corrected chi connectivity index (χ0v) is 16.0. The van der Waals surface area contributed by atoms with Crippen LogP contribution in [0.5, 0.6) is 5.75 Å². The Morgan fingerprint density at radius 1 is 1.29 bits per heavy atom. The molecule has 1 aromatic carbocycles. The highest BCUT2D eigenvalue weighted by molar-refractivity contribution is 9.11. The minimum Gasteiger partial charge on any atom is -0.485 e. The van der Waals surface area contributed by atoms with Crippen molar-refractivity contribution in [2.75, 3.05) is 6.54 Å². The van der Waals surface area contributed by atoms with E-state index in [0.29, 0.717) is 19.1 Å². The first-order valence-electron chi connectivity index (χ1n) is 6.76. The van der Waals surface area contributed by atoms with E-state index in [1.807, 2.05) is 12.1 Å². The van der Waals surface area contributed by atoms with Gasteiger partial charge < -0.3 is 10.5 Å². The van der Waals surface area contributed by atoms with E-state index in [2.05, 4.69) is 56.1 Å². The molecule has 2 N–H and O–H groups in total. The summed E-state index contributed by atoms with van der Waals surface area (Å²) in [6.45, 7) is 5.40. The van der Waals surface area contributed by atoms with Gasteiger partial charge in [-0.1, -0.05) is 13.8 Å². The van der Waals surface area contributed by atoms with Gasteiger partial charge in [-0.15, -0.1) is 11.3 Å². The zero-order chi connectivity index (χ0) is 15.4. The standard InChI is InChI=1S/C15H18Br2N2OS/c1-9(2)15-19-11(8-21-15)7-20-14-12(16)5-10(3-4-18)6-13(14)17/h5-6,8-9H,3-4,7,18H2,1-2H3. The largest absolute Gasteiger partial charge is 0.485 e. The van der Waals surface area contributed by atoms with E-state index in [0.717, 1.165) is 31.8 Å². The molecule has 0 bridgehead atoms. The molecule has 6 heteroatoms. The summed E-state index contributed by atoms with van der Waals surface area (Å²) >= 11 is 8.79. The monoisotopic (exact) mass is 432 g/mol. The number of rotatable bonds is 6. The molecule has 0 aliphatic rings. The van der Waals surface area contributed by atoms with Crippen molar-refractivity contribution in [3.63, 3.8) is 0 Å². The van der Waals surface area contributed by atoms with Crippen molar-refractivity contribution in [3.05, 3.63) is 42.7 Å². The molecule has 114 valence electrons. The minimum atomic E-state index is 0.456.